The summed E-state index contributed by atoms with van der Waals surface area (Å²) >= 11 is 0. The molecule has 2 saturated carbocycles. The van der Waals surface area contributed by atoms with E-state index in [9.17, 15) is 4.79 Å². The quantitative estimate of drug-likeness (QED) is 0.724. The molecule has 0 aromatic carbocycles. The van der Waals surface area contributed by atoms with Crippen LogP contribution in [0.2, 0.25) is 0 Å². The number of carbonyl (C=O) groups is 1. The van der Waals surface area contributed by atoms with Gasteiger partial charge >= 0.3 is 0 Å². The van der Waals surface area contributed by atoms with Crippen LogP contribution in [0.15, 0.2) is 0 Å². The first-order valence-electron chi connectivity index (χ1n) is 6.09. The lowest BCUT2D eigenvalue weighted by molar-refractivity contribution is -0.132. The van der Waals surface area contributed by atoms with Gasteiger partial charge in [-0.3, -0.25) is 4.79 Å². The van der Waals surface area contributed by atoms with Crippen LogP contribution in [-0.2, 0) is 4.79 Å². The molecule has 0 spiro atoms. The molecule has 3 nitrogen and oxygen atoms in total. The molecule has 0 radical (unpaired) electrons. The zero-order valence-corrected chi connectivity index (χ0v) is 9.75. The first-order chi connectivity index (χ1) is 7.02. The molecule has 0 heterocycles. The van der Waals surface area contributed by atoms with Crippen molar-refractivity contribution in [2.45, 2.75) is 58.0 Å². The number of hydrogen-bond donors (Lipinski definition) is 2. The molecule has 86 valence electrons. The lowest BCUT2D eigenvalue weighted by Gasteiger charge is -2.37. The van der Waals surface area contributed by atoms with E-state index in [1.807, 2.05) is 6.92 Å². The van der Waals surface area contributed by atoms with Crippen molar-refractivity contribution in [2.24, 2.45) is 17.1 Å². The second kappa shape index (κ2) is 3.78. The molecule has 0 saturated heterocycles. The van der Waals surface area contributed by atoms with Crippen LogP contribution in [0.1, 0.15) is 46.0 Å². The van der Waals surface area contributed by atoms with E-state index in [4.69, 9.17) is 5.73 Å². The van der Waals surface area contributed by atoms with Crippen molar-refractivity contribution in [3.8, 4) is 0 Å². The van der Waals surface area contributed by atoms with Crippen LogP contribution in [0.3, 0.4) is 0 Å². The smallest absolute Gasteiger partial charge is 0.227 e. The molecule has 15 heavy (non-hydrogen) atoms. The van der Waals surface area contributed by atoms with E-state index in [1.54, 1.807) is 0 Å². The van der Waals surface area contributed by atoms with Gasteiger partial charge in [0.1, 0.15) is 0 Å². The number of rotatable bonds is 2. The summed E-state index contributed by atoms with van der Waals surface area (Å²) in [7, 11) is 0. The van der Waals surface area contributed by atoms with Gasteiger partial charge in [-0.2, -0.15) is 0 Å². The van der Waals surface area contributed by atoms with Gasteiger partial charge in [-0.1, -0.05) is 13.3 Å². The minimum atomic E-state index is -0.307. The Morgan fingerprint density at radius 2 is 2.13 bits per heavy atom. The summed E-state index contributed by atoms with van der Waals surface area (Å²) in [6.45, 7) is 4.24. The zero-order chi connectivity index (χ0) is 11.1. The van der Waals surface area contributed by atoms with Crippen LogP contribution in [0, 0.1) is 11.3 Å². The Labute approximate surface area is 91.8 Å². The SMILES string of the molecule is CC1CC(NC(=O)C2(C)CCCC2N)C1. The maximum Gasteiger partial charge on any atom is 0.227 e. The molecule has 2 atom stereocenters. The van der Waals surface area contributed by atoms with Crippen LogP contribution in [0.4, 0.5) is 0 Å². The third-order valence-corrected chi connectivity index (χ3v) is 4.26. The van der Waals surface area contributed by atoms with E-state index in [2.05, 4.69) is 12.2 Å². The molecule has 2 aliphatic carbocycles. The molecule has 3 heteroatoms. The first-order valence-corrected chi connectivity index (χ1v) is 6.09. The number of hydrogen-bond acceptors (Lipinski definition) is 2. The highest BCUT2D eigenvalue weighted by atomic mass is 16.2. The van der Waals surface area contributed by atoms with Crippen molar-refractivity contribution in [2.75, 3.05) is 0 Å². The highest BCUT2D eigenvalue weighted by Gasteiger charge is 2.44. The fourth-order valence-electron chi connectivity index (χ4n) is 2.85. The molecule has 2 rings (SSSR count). The van der Waals surface area contributed by atoms with E-state index in [0.717, 1.165) is 38.0 Å². The van der Waals surface area contributed by atoms with E-state index in [-0.39, 0.29) is 17.4 Å². The summed E-state index contributed by atoms with van der Waals surface area (Å²) in [6.07, 6.45) is 5.30. The molecule has 0 aromatic rings. The average Bonchev–Trinajstić information content (AvgIpc) is 2.46. The van der Waals surface area contributed by atoms with E-state index >= 15 is 0 Å². The van der Waals surface area contributed by atoms with Gasteiger partial charge in [-0.15, -0.1) is 0 Å². The van der Waals surface area contributed by atoms with Crippen molar-refractivity contribution in [3.63, 3.8) is 0 Å². The minimum Gasteiger partial charge on any atom is -0.353 e. The molecule has 3 N–H and O–H groups in total. The highest BCUT2D eigenvalue weighted by Crippen LogP contribution is 2.37. The van der Waals surface area contributed by atoms with Gasteiger partial charge in [0.25, 0.3) is 0 Å². The summed E-state index contributed by atoms with van der Waals surface area (Å²) in [5.74, 6) is 0.963. The van der Waals surface area contributed by atoms with E-state index in [0.29, 0.717) is 6.04 Å². The Balaban J connectivity index is 1.90. The summed E-state index contributed by atoms with van der Waals surface area (Å²) in [5, 5.41) is 3.14. The molecular weight excluding hydrogens is 188 g/mol. The summed E-state index contributed by atoms with van der Waals surface area (Å²) in [6, 6.07) is 0.465. The Kier molecular flexibility index (Phi) is 2.75. The first kappa shape index (κ1) is 10.9. The Hall–Kier alpha value is -0.570. The third kappa shape index (κ3) is 1.89. The summed E-state index contributed by atoms with van der Waals surface area (Å²) in [4.78, 5) is 12.1. The monoisotopic (exact) mass is 210 g/mol. The van der Waals surface area contributed by atoms with Gasteiger partial charge in [0.2, 0.25) is 5.91 Å². The van der Waals surface area contributed by atoms with Gasteiger partial charge in [-0.05, 0) is 38.5 Å². The molecule has 0 aromatic heterocycles. The lowest BCUT2D eigenvalue weighted by atomic mass is 9.79. The van der Waals surface area contributed by atoms with Gasteiger partial charge in [0, 0.05) is 12.1 Å². The lowest BCUT2D eigenvalue weighted by Crippen LogP contribution is -2.53. The number of nitrogens with two attached hydrogens (primary N) is 1. The second-order valence-electron chi connectivity index (χ2n) is 5.66. The average molecular weight is 210 g/mol. The largest absolute Gasteiger partial charge is 0.353 e. The standard InChI is InChI=1S/C12H22N2O/c1-8-6-9(7-8)14-11(15)12(2)5-3-4-10(12)13/h8-10H,3-7,13H2,1-2H3,(H,14,15). The zero-order valence-electron chi connectivity index (χ0n) is 9.75. The number of amides is 1. The summed E-state index contributed by atoms with van der Waals surface area (Å²) in [5.41, 5.74) is 5.71. The van der Waals surface area contributed by atoms with Gasteiger partial charge < -0.3 is 11.1 Å². The fraction of sp³-hybridized carbons (Fsp3) is 0.917. The van der Waals surface area contributed by atoms with Crippen molar-refractivity contribution < 1.29 is 4.79 Å². The van der Waals surface area contributed by atoms with Crippen molar-refractivity contribution in [1.29, 1.82) is 0 Å². The molecule has 2 aliphatic rings. The van der Waals surface area contributed by atoms with Crippen molar-refractivity contribution in [3.05, 3.63) is 0 Å². The fourth-order valence-corrected chi connectivity index (χ4v) is 2.85. The van der Waals surface area contributed by atoms with Crippen LogP contribution in [0.5, 0.6) is 0 Å². The molecular formula is C12H22N2O. The number of nitrogens with one attached hydrogen (secondary N) is 1. The summed E-state index contributed by atoms with van der Waals surface area (Å²) < 4.78 is 0. The van der Waals surface area contributed by atoms with Gasteiger partial charge in [0.15, 0.2) is 0 Å². The Morgan fingerprint density at radius 1 is 1.47 bits per heavy atom. The van der Waals surface area contributed by atoms with Crippen LogP contribution < -0.4 is 11.1 Å². The van der Waals surface area contributed by atoms with Crippen LogP contribution in [0.25, 0.3) is 0 Å². The van der Waals surface area contributed by atoms with Crippen molar-refractivity contribution >= 4 is 5.91 Å². The molecule has 0 aliphatic heterocycles. The van der Waals surface area contributed by atoms with E-state index < -0.39 is 0 Å². The molecule has 2 unspecified atom stereocenters. The van der Waals surface area contributed by atoms with Crippen LogP contribution in [-0.4, -0.2) is 18.0 Å². The maximum absolute atomic E-state index is 12.1. The number of carbonyl (C=O) groups excluding carboxylic acids is 1. The maximum atomic E-state index is 12.1. The van der Waals surface area contributed by atoms with Gasteiger partial charge in [-0.25, -0.2) is 0 Å². The predicted octanol–water partition coefficient (Wildman–Crippen LogP) is 1.42. The van der Waals surface area contributed by atoms with Crippen LogP contribution >= 0.6 is 0 Å². The van der Waals surface area contributed by atoms with Gasteiger partial charge in [0.05, 0.1) is 5.41 Å². The Bertz CT molecular complexity index is 260. The highest BCUT2D eigenvalue weighted by molar-refractivity contribution is 5.83. The molecule has 2 fully saturated rings. The molecule has 0 bridgehead atoms. The van der Waals surface area contributed by atoms with Crippen molar-refractivity contribution in [1.82, 2.24) is 5.32 Å². The molecule has 1 amide bonds. The normalized spacial score (nSPS) is 44.9. The predicted molar refractivity (Wildman–Crippen MR) is 60.3 cm³/mol. The van der Waals surface area contributed by atoms with E-state index in [1.165, 1.54) is 0 Å². The Morgan fingerprint density at radius 3 is 2.60 bits per heavy atom. The minimum absolute atomic E-state index is 0.0509. The third-order valence-electron chi connectivity index (χ3n) is 4.26. The topological polar surface area (TPSA) is 55.1 Å². The second-order valence-corrected chi connectivity index (χ2v) is 5.66.